The number of carbonyl (C=O) groups excluding carboxylic acids is 2. The molecule has 0 unspecified atom stereocenters. The second-order valence-electron chi connectivity index (χ2n) is 4.71. The molecular weight excluding hydrogens is 304 g/mol. The van der Waals surface area contributed by atoms with Crippen molar-refractivity contribution in [2.45, 2.75) is 0 Å². The number of ether oxygens (including phenoxy) is 4. The van der Waals surface area contributed by atoms with Crippen LogP contribution in [0.3, 0.4) is 0 Å². The molecule has 0 aliphatic carbocycles. The van der Waals surface area contributed by atoms with Gasteiger partial charge in [0.1, 0.15) is 0 Å². The normalized spacial score (nSPS) is 14.2. The monoisotopic (exact) mass is 330 g/mol. The highest BCUT2D eigenvalue weighted by atomic mass is 16.6. The molecule has 23 heavy (non-hydrogen) atoms. The van der Waals surface area contributed by atoms with Gasteiger partial charge in [-0.2, -0.15) is 0 Å². The van der Waals surface area contributed by atoms with Crippen molar-refractivity contribution in [3.8, 4) is 0 Å². The predicted molar refractivity (Wildman–Crippen MR) is 83.1 cm³/mol. The Hall–Kier alpha value is -1.32. The summed E-state index contributed by atoms with van der Waals surface area (Å²) in [6.07, 6.45) is 2.52. The molecule has 1 aliphatic rings. The molecule has 0 bridgehead atoms. The maximum Gasteiger partial charge on any atom is 0.253 e. The van der Waals surface area contributed by atoms with Crippen LogP contribution in [0.2, 0.25) is 0 Å². The summed E-state index contributed by atoms with van der Waals surface area (Å²) in [5, 5.41) is 2.99. The van der Waals surface area contributed by atoms with E-state index in [0.717, 1.165) is 11.4 Å². The summed E-state index contributed by atoms with van der Waals surface area (Å²) in [4.78, 5) is 23.7. The number of nitrogens with one attached hydrogen (secondary N) is 1. The van der Waals surface area contributed by atoms with Crippen LogP contribution in [-0.4, -0.2) is 89.7 Å². The van der Waals surface area contributed by atoms with Gasteiger partial charge in [0.25, 0.3) is 11.8 Å². The Morgan fingerprint density at radius 1 is 0.783 bits per heavy atom. The molecule has 0 radical (unpaired) electrons. The predicted octanol–water partition coefficient (Wildman–Crippen LogP) is -0.803. The number of likely N-dealkylation sites (N-methyl/N-ethyl adjacent to an activating group) is 1. The molecule has 1 heterocycles. The molecule has 1 rings (SSSR count). The van der Waals surface area contributed by atoms with E-state index in [4.69, 9.17) is 18.9 Å². The summed E-state index contributed by atoms with van der Waals surface area (Å²) in [5.74, 6) is -0.580. The van der Waals surface area contributed by atoms with E-state index < -0.39 is 0 Å². The molecule has 8 nitrogen and oxygen atoms in total. The zero-order valence-corrected chi connectivity index (χ0v) is 13.6. The van der Waals surface area contributed by atoms with Crippen LogP contribution in [-0.2, 0) is 28.5 Å². The number of amides is 2. The minimum Gasteiger partial charge on any atom is -0.378 e. The molecule has 0 saturated heterocycles. The van der Waals surface area contributed by atoms with Gasteiger partial charge in [0.2, 0.25) is 0 Å². The van der Waals surface area contributed by atoms with Gasteiger partial charge in [0.05, 0.1) is 59.4 Å². The maximum absolute atomic E-state index is 11.3. The Morgan fingerprint density at radius 2 is 1.22 bits per heavy atom. The summed E-state index contributed by atoms with van der Waals surface area (Å²) in [6, 6.07) is 0. The van der Waals surface area contributed by atoms with Gasteiger partial charge in [-0.1, -0.05) is 0 Å². The molecule has 0 aromatic carbocycles. The van der Waals surface area contributed by atoms with Crippen LogP contribution in [0.5, 0.6) is 0 Å². The Morgan fingerprint density at radius 3 is 1.70 bits per heavy atom. The summed E-state index contributed by atoms with van der Waals surface area (Å²) in [6.45, 7) is 5.08. The molecule has 1 aliphatic heterocycles. The van der Waals surface area contributed by atoms with E-state index >= 15 is 0 Å². The van der Waals surface area contributed by atoms with Crippen molar-refractivity contribution in [3.05, 3.63) is 12.2 Å². The number of hydrogen-bond acceptors (Lipinski definition) is 7. The standard InChI is InChI=1S/C15H26N2O6/c1-16-4-6-20-8-10-22-12-13-23-11-9-21-7-5-17-14(18)2-3-15(17)19/h2-3,16H,4-13H2,1H3. The van der Waals surface area contributed by atoms with E-state index in [1.54, 1.807) is 0 Å². The zero-order chi connectivity index (χ0) is 16.8. The minimum atomic E-state index is -0.290. The lowest BCUT2D eigenvalue weighted by Gasteiger charge is -2.13. The lowest BCUT2D eigenvalue weighted by Crippen LogP contribution is -2.33. The molecule has 0 aromatic heterocycles. The Balaban J connectivity index is 1.77. The fourth-order valence-corrected chi connectivity index (χ4v) is 1.74. The second kappa shape index (κ2) is 13.1. The summed E-state index contributed by atoms with van der Waals surface area (Å²) in [5.41, 5.74) is 0. The third-order valence-corrected chi connectivity index (χ3v) is 2.97. The smallest absolute Gasteiger partial charge is 0.253 e. The molecule has 8 heteroatoms. The molecule has 0 atom stereocenters. The summed E-state index contributed by atoms with van der Waals surface area (Å²) < 4.78 is 21.3. The SMILES string of the molecule is CNCCOCCOCCOCCOCCN1C(=O)C=CC1=O. The highest BCUT2D eigenvalue weighted by molar-refractivity contribution is 6.12. The van der Waals surface area contributed by atoms with Crippen LogP contribution < -0.4 is 5.32 Å². The van der Waals surface area contributed by atoms with Gasteiger partial charge < -0.3 is 24.3 Å². The van der Waals surface area contributed by atoms with Crippen molar-refractivity contribution in [1.29, 1.82) is 0 Å². The average molecular weight is 330 g/mol. The fraction of sp³-hybridized carbons (Fsp3) is 0.733. The fourth-order valence-electron chi connectivity index (χ4n) is 1.74. The Bertz CT molecular complexity index is 357. The van der Waals surface area contributed by atoms with E-state index in [-0.39, 0.29) is 18.4 Å². The van der Waals surface area contributed by atoms with Crippen LogP contribution in [0, 0.1) is 0 Å². The number of hydrogen-bond donors (Lipinski definition) is 1. The van der Waals surface area contributed by atoms with Crippen LogP contribution in [0.4, 0.5) is 0 Å². The molecule has 0 saturated carbocycles. The second-order valence-corrected chi connectivity index (χ2v) is 4.71. The van der Waals surface area contributed by atoms with E-state index in [0.29, 0.717) is 52.9 Å². The quantitative estimate of drug-likeness (QED) is 0.311. The Labute approximate surface area is 136 Å². The minimum absolute atomic E-state index is 0.265. The largest absolute Gasteiger partial charge is 0.378 e. The molecule has 0 fully saturated rings. The molecule has 1 N–H and O–H groups in total. The number of imide groups is 1. The molecule has 2 amide bonds. The van der Waals surface area contributed by atoms with Crippen LogP contribution in [0.15, 0.2) is 12.2 Å². The van der Waals surface area contributed by atoms with E-state index in [1.165, 1.54) is 12.2 Å². The highest BCUT2D eigenvalue weighted by Crippen LogP contribution is 2.02. The lowest BCUT2D eigenvalue weighted by atomic mass is 10.5. The first-order valence-electron chi connectivity index (χ1n) is 7.75. The summed E-state index contributed by atoms with van der Waals surface area (Å²) >= 11 is 0. The first kappa shape index (κ1) is 19.7. The summed E-state index contributed by atoms with van der Waals surface area (Å²) in [7, 11) is 1.88. The van der Waals surface area contributed by atoms with Crippen molar-refractivity contribution < 1.29 is 28.5 Å². The molecule has 0 spiro atoms. The van der Waals surface area contributed by atoms with Gasteiger partial charge in [0.15, 0.2) is 0 Å². The highest BCUT2D eigenvalue weighted by Gasteiger charge is 2.22. The molecule has 132 valence electrons. The van der Waals surface area contributed by atoms with E-state index in [9.17, 15) is 9.59 Å². The maximum atomic E-state index is 11.3. The first-order valence-corrected chi connectivity index (χ1v) is 7.75. The van der Waals surface area contributed by atoms with Gasteiger partial charge in [-0.05, 0) is 7.05 Å². The molecular formula is C15H26N2O6. The Kier molecular flexibility index (Phi) is 11.3. The van der Waals surface area contributed by atoms with Gasteiger partial charge in [-0.25, -0.2) is 0 Å². The third-order valence-electron chi connectivity index (χ3n) is 2.97. The van der Waals surface area contributed by atoms with Gasteiger partial charge >= 0.3 is 0 Å². The number of rotatable bonds is 15. The number of nitrogens with zero attached hydrogens (tertiary/aromatic N) is 1. The van der Waals surface area contributed by atoms with Crippen molar-refractivity contribution in [3.63, 3.8) is 0 Å². The average Bonchev–Trinajstić information content (AvgIpc) is 2.86. The van der Waals surface area contributed by atoms with Gasteiger partial charge in [0, 0.05) is 18.7 Å². The van der Waals surface area contributed by atoms with Crippen LogP contribution >= 0.6 is 0 Å². The zero-order valence-electron chi connectivity index (χ0n) is 13.6. The van der Waals surface area contributed by atoms with Crippen molar-refractivity contribution in [2.75, 3.05) is 73.0 Å². The lowest BCUT2D eigenvalue weighted by molar-refractivity contribution is -0.137. The topological polar surface area (TPSA) is 86.3 Å². The first-order chi connectivity index (χ1) is 11.3. The van der Waals surface area contributed by atoms with E-state index in [1.807, 2.05) is 7.05 Å². The number of carbonyl (C=O) groups is 2. The third kappa shape index (κ3) is 9.42. The van der Waals surface area contributed by atoms with Crippen LogP contribution in [0.25, 0.3) is 0 Å². The van der Waals surface area contributed by atoms with Crippen LogP contribution in [0.1, 0.15) is 0 Å². The van der Waals surface area contributed by atoms with Crippen molar-refractivity contribution in [2.24, 2.45) is 0 Å². The van der Waals surface area contributed by atoms with Gasteiger partial charge in [-0.15, -0.1) is 0 Å². The van der Waals surface area contributed by atoms with Crippen molar-refractivity contribution >= 4 is 11.8 Å². The van der Waals surface area contributed by atoms with Crippen molar-refractivity contribution in [1.82, 2.24) is 10.2 Å². The van der Waals surface area contributed by atoms with E-state index in [2.05, 4.69) is 5.32 Å². The van der Waals surface area contributed by atoms with Gasteiger partial charge in [-0.3, -0.25) is 14.5 Å². The molecule has 0 aromatic rings.